The number of hydrogen-bond acceptors (Lipinski definition) is 8. The number of nitrogens with zero attached hydrogens (tertiary/aromatic N) is 6. The number of unbranched alkanes of at least 4 members (excludes halogenated alkanes) is 2. The Morgan fingerprint density at radius 1 is 1.02 bits per heavy atom. The van der Waals surface area contributed by atoms with E-state index in [0.717, 1.165) is 41.7 Å². The smallest absolute Gasteiger partial charge is 0.356 e. The standard InChI is InChI=1S/C31H41N9O4/c1-5-39-27(30(43)44-6-2)23(21(4)37-39)12-8-7-10-17-40-26(18-20(3)36-40)29(42)35-31-34-24-19-22(28(33)41)13-14-25(24)38(31)16-11-9-15-32/h9,11,13-14,18-19H,5-8,10,12,15-17,32H2,1-4H3,(H2,33,41)(H,34,35,42)/b11-9+. The van der Waals surface area contributed by atoms with Gasteiger partial charge in [-0.05, 0) is 71.2 Å². The lowest BCUT2D eigenvalue weighted by Crippen LogP contribution is -2.20. The lowest BCUT2D eigenvalue weighted by molar-refractivity contribution is 0.0510. The first-order valence-electron chi connectivity index (χ1n) is 14.9. The summed E-state index contributed by atoms with van der Waals surface area (Å²) in [5, 5.41) is 12.0. The van der Waals surface area contributed by atoms with Crippen LogP contribution in [0, 0.1) is 13.8 Å². The third kappa shape index (κ3) is 7.22. The molecule has 234 valence electrons. The first-order valence-corrected chi connectivity index (χ1v) is 14.9. The number of nitrogens with one attached hydrogen (secondary N) is 1. The SMILES string of the molecule is CCOC(=O)c1c(CCCCCn2nc(C)cc2C(=O)Nc2nc3cc(C(N)=O)ccc3n2C/C=C/CN)c(C)nn1CC. The van der Waals surface area contributed by atoms with Gasteiger partial charge in [0.1, 0.15) is 11.4 Å². The van der Waals surface area contributed by atoms with E-state index in [-0.39, 0.29) is 11.9 Å². The first-order chi connectivity index (χ1) is 21.2. The minimum Gasteiger partial charge on any atom is -0.461 e. The van der Waals surface area contributed by atoms with Crippen LogP contribution in [0.2, 0.25) is 0 Å². The number of primary amides is 1. The molecule has 0 saturated carbocycles. The van der Waals surface area contributed by atoms with Gasteiger partial charge in [0.15, 0.2) is 0 Å². The van der Waals surface area contributed by atoms with E-state index in [4.69, 9.17) is 16.2 Å². The number of hydrogen-bond donors (Lipinski definition) is 3. The Kier molecular flexibility index (Phi) is 10.7. The average molecular weight is 604 g/mol. The van der Waals surface area contributed by atoms with Crippen LogP contribution in [0.25, 0.3) is 11.0 Å². The molecule has 3 heterocycles. The van der Waals surface area contributed by atoms with E-state index in [9.17, 15) is 14.4 Å². The summed E-state index contributed by atoms with van der Waals surface area (Å²) in [6.45, 7) is 9.76. The summed E-state index contributed by atoms with van der Waals surface area (Å²) in [7, 11) is 0. The normalized spacial score (nSPS) is 11.5. The van der Waals surface area contributed by atoms with Gasteiger partial charge in [-0.15, -0.1) is 0 Å². The number of rotatable bonds is 15. The quantitative estimate of drug-likeness (QED) is 0.105. The summed E-state index contributed by atoms with van der Waals surface area (Å²) >= 11 is 0. The van der Waals surface area contributed by atoms with Gasteiger partial charge < -0.3 is 20.8 Å². The second-order valence-electron chi connectivity index (χ2n) is 10.4. The molecule has 13 nitrogen and oxygen atoms in total. The van der Waals surface area contributed by atoms with E-state index in [2.05, 4.69) is 20.5 Å². The molecule has 4 rings (SSSR count). The number of anilines is 1. The average Bonchev–Trinajstić information content (AvgIpc) is 3.64. The van der Waals surface area contributed by atoms with Crippen LogP contribution in [-0.4, -0.2) is 60.0 Å². The zero-order valence-electron chi connectivity index (χ0n) is 25.8. The molecule has 5 N–H and O–H groups in total. The van der Waals surface area contributed by atoms with Crippen molar-refractivity contribution in [1.82, 2.24) is 29.1 Å². The number of ether oxygens (including phenoxy) is 1. The number of allylic oxidation sites excluding steroid dienone is 1. The fourth-order valence-electron chi connectivity index (χ4n) is 5.22. The van der Waals surface area contributed by atoms with Crippen LogP contribution in [0.5, 0.6) is 0 Å². The van der Waals surface area contributed by atoms with Gasteiger partial charge >= 0.3 is 5.97 Å². The van der Waals surface area contributed by atoms with E-state index in [1.165, 1.54) is 0 Å². The lowest BCUT2D eigenvalue weighted by atomic mass is 10.0. The number of carbonyl (C=O) groups is 3. The fourth-order valence-corrected chi connectivity index (χ4v) is 5.22. The zero-order valence-corrected chi connectivity index (χ0v) is 25.8. The molecule has 0 aliphatic heterocycles. The van der Waals surface area contributed by atoms with E-state index in [1.54, 1.807) is 40.6 Å². The molecule has 0 aliphatic carbocycles. The third-order valence-electron chi connectivity index (χ3n) is 7.30. The fraction of sp³-hybridized carbons (Fsp3) is 0.419. The number of esters is 1. The van der Waals surface area contributed by atoms with Crippen LogP contribution < -0.4 is 16.8 Å². The van der Waals surface area contributed by atoms with Gasteiger partial charge in [-0.2, -0.15) is 10.2 Å². The molecule has 0 bridgehead atoms. The molecule has 0 atom stereocenters. The number of aromatic nitrogens is 6. The molecule has 0 fully saturated rings. The molecule has 0 saturated heterocycles. The summed E-state index contributed by atoms with van der Waals surface area (Å²) in [5.41, 5.74) is 16.1. The van der Waals surface area contributed by atoms with E-state index in [1.807, 2.05) is 37.5 Å². The van der Waals surface area contributed by atoms with Crippen LogP contribution in [0.3, 0.4) is 0 Å². The van der Waals surface area contributed by atoms with Crippen molar-refractivity contribution in [1.29, 1.82) is 0 Å². The Bertz CT molecular complexity index is 1680. The highest BCUT2D eigenvalue weighted by atomic mass is 16.5. The van der Waals surface area contributed by atoms with Crippen molar-refractivity contribution >= 4 is 34.8 Å². The van der Waals surface area contributed by atoms with Gasteiger partial charge in [-0.3, -0.25) is 24.3 Å². The highest BCUT2D eigenvalue weighted by Crippen LogP contribution is 2.23. The molecule has 0 radical (unpaired) electrons. The highest BCUT2D eigenvalue weighted by molar-refractivity contribution is 6.03. The number of carbonyl (C=O) groups excluding carboxylic acids is 3. The number of fused-ring (bicyclic) bond motifs is 1. The first kappa shape index (κ1) is 32.1. The molecule has 4 aromatic rings. The Labute approximate surface area is 256 Å². The largest absolute Gasteiger partial charge is 0.461 e. The maximum absolute atomic E-state index is 13.5. The zero-order chi connectivity index (χ0) is 31.8. The Morgan fingerprint density at radius 2 is 1.82 bits per heavy atom. The lowest BCUT2D eigenvalue weighted by Gasteiger charge is -2.10. The Balaban J connectivity index is 1.44. The number of benzene rings is 1. The molecule has 44 heavy (non-hydrogen) atoms. The van der Waals surface area contributed by atoms with Crippen molar-refractivity contribution in [2.75, 3.05) is 18.5 Å². The second-order valence-corrected chi connectivity index (χ2v) is 10.4. The molecule has 0 spiro atoms. The summed E-state index contributed by atoms with van der Waals surface area (Å²) in [6.07, 6.45) is 6.91. The van der Waals surface area contributed by atoms with Crippen molar-refractivity contribution in [2.45, 2.75) is 73.0 Å². The summed E-state index contributed by atoms with van der Waals surface area (Å²) in [6, 6.07) is 6.74. The third-order valence-corrected chi connectivity index (χ3v) is 7.30. The predicted octanol–water partition coefficient (Wildman–Crippen LogP) is 3.52. The molecular formula is C31H41N9O4. The Hall–Kier alpha value is -4.78. The van der Waals surface area contributed by atoms with Crippen molar-refractivity contribution in [3.05, 3.63) is 70.3 Å². The van der Waals surface area contributed by atoms with Crippen molar-refractivity contribution in [3.8, 4) is 0 Å². The van der Waals surface area contributed by atoms with Crippen LogP contribution in [0.15, 0.2) is 36.4 Å². The minimum atomic E-state index is -0.556. The number of imidazole rings is 1. The summed E-state index contributed by atoms with van der Waals surface area (Å²) < 4.78 is 10.5. The van der Waals surface area contributed by atoms with Gasteiger partial charge in [0.2, 0.25) is 11.9 Å². The van der Waals surface area contributed by atoms with Gasteiger partial charge in [-0.1, -0.05) is 18.6 Å². The Morgan fingerprint density at radius 3 is 2.52 bits per heavy atom. The predicted molar refractivity (Wildman–Crippen MR) is 168 cm³/mol. The monoisotopic (exact) mass is 603 g/mol. The van der Waals surface area contributed by atoms with Gasteiger partial charge in [-0.25, -0.2) is 9.78 Å². The maximum Gasteiger partial charge on any atom is 0.356 e. The van der Waals surface area contributed by atoms with Crippen LogP contribution in [0.4, 0.5) is 5.95 Å². The van der Waals surface area contributed by atoms with Crippen LogP contribution in [0.1, 0.15) is 81.4 Å². The van der Waals surface area contributed by atoms with Crippen LogP contribution in [-0.2, 0) is 30.8 Å². The number of aryl methyl sites for hydroxylation is 4. The molecule has 3 aromatic heterocycles. The highest BCUT2D eigenvalue weighted by Gasteiger charge is 2.22. The van der Waals surface area contributed by atoms with Crippen molar-refractivity contribution in [2.24, 2.45) is 11.5 Å². The van der Waals surface area contributed by atoms with Gasteiger partial charge in [0.25, 0.3) is 5.91 Å². The van der Waals surface area contributed by atoms with Crippen LogP contribution >= 0.6 is 0 Å². The molecule has 2 amide bonds. The molecule has 0 unspecified atom stereocenters. The van der Waals surface area contributed by atoms with E-state index in [0.29, 0.717) is 67.6 Å². The maximum atomic E-state index is 13.5. The molecule has 13 heteroatoms. The number of amides is 2. The molecule has 1 aromatic carbocycles. The van der Waals surface area contributed by atoms with E-state index < -0.39 is 5.91 Å². The molecular weight excluding hydrogens is 562 g/mol. The molecule has 0 aliphatic rings. The second kappa shape index (κ2) is 14.6. The van der Waals surface area contributed by atoms with Gasteiger partial charge in [0.05, 0.1) is 29.0 Å². The number of nitrogens with two attached hydrogens (primary N) is 2. The summed E-state index contributed by atoms with van der Waals surface area (Å²) in [5.74, 6) is -0.911. The van der Waals surface area contributed by atoms with Crippen molar-refractivity contribution in [3.63, 3.8) is 0 Å². The van der Waals surface area contributed by atoms with Crippen molar-refractivity contribution < 1.29 is 19.1 Å². The summed E-state index contributed by atoms with van der Waals surface area (Å²) in [4.78, 5) is 42.4. The van der Waals surface area contributed by atoms with E-state index >= 15 is 0 Å². The van der Waals surface area contributed by atoms with Gasteiger partial charge in [0, 0.05) is 37.3 Å². The topological polar surface area (TPSA) is 178 Å². The minimum absolute atomic E-state index is 0.311.